The van der Waals surface area contributed by atoms with Crippen LogP contribution >= 0.6 is 11.3 Å². The van der Waals surface area contributed by atoms with Crippen LogP contribution in [0.4, 0.5) is 0 Å². The number of aromatic nitrogens is 1. The van der Waals surface area contributed by atoms with Crippen molar-refractivity contribution < 1.29 is 9.84 Å². The maximum absolute atomic E-state index is 9.82. The Morgan fingerprint density at radius 1 is 1.77 bits per heavy atom. The summed E-state index contributed by atoms with van der Waals surface area (Å²) in [6.07, 6.45) is 3.27. The van der Waals surface area contributed by atoms with Crippen LogP contribution in [0.2, 0.25) is 0 Å². The Labute approximate surface area is 81.4 Å². The summed E-state index contributed by atoms with van der Waals surface area (Å²) in [5.74, 6) is 0.321. The molecule has 2 rings (SSSR count). The number of aliphatic hydroxyl groups is 1. The molecule has 1 fully saturated rings. The van der Waals surface area contributed by atoms with Gasteiger partial charge in [-0.3, -0.25) is 4.98 Å². The van der Waals surface area contributed by atoms with E-state index < -0.39 is 0 Å². The van der Waals surface area contributed by atoms with Crippen LogP contribution in [0.25, 0.3) is 0 Å². The number of hydrogen-bond acceptors (Lipinski definition) is 4. The summed E-state index contributed by atoms with van der Waals surface area (Å²) in [6, 6.07) is 0. The van der Waals surface area contributed by atoms with Crippen LogP contribution < -0.4 is 0 Å². The van der Waals surface area contributed by atoms with Crippen LogP contribution in [-0.4, -0.2) is 29.4 Å². The van der Waals surface area contributed by atoms with Crippen molar-refractivity contribution in [2.45, 2.75) is 18.9 Å². The molecule has 2 unspecified atom stereocenters. The van der Waals surface area contributed by atoms with Crippen molar-refractivity contribution in [1.82, 2.24) is 4.98 Å². The number of ether oxygens (including phenoxy) is 1. The fourth-order valence-corrected chi connectivity index (χ4v) is 2.22. The highest BCUT2D eigenvalue weighted by molar-refractivity contribution is 7.09. The summed E-state index contributed by atoms with van der Waals surface area (Å²) >= 11 is 1.60. The van der Waals surface area contributed by atoms with Gasteiger partial charge in [0.15, 0.2) is 0 Å². The molecule has 2 atom stereocenters. The molecule has 1 aliphatic heterocycles. The molecule has 0 bridgehead atoms. The third kappa shape index (κ3) is 2.27. The molecule has 1 saturated heterocycles. The molecule has 0 radical (unpaired) electrons. The molecule has 1 aliphatic rings. The van der Waals surface area contributed by atoms with E-state index in [1.807, 2.05) is 6.20 Å². The summed E-state index contributed by atoms with van der Waals surface area (Å²) < 4.78 is 5.23. The van der Waals surface area contributed by atoms with Crippen LogP contribution in [0.1, 0.15) is 11.3 Å². The predicted octanol–water partition coefficient (Wildman–Crippen LogP) is 1.08. The average molecular weight is 199 g/mol. The van der Waals surface area contributed by atoms with Gasteiger partial charge >= 0.3 is 0 Å². The van der Waals surface area contributed by atoms with E-state index in [9.17, 15) is 5.11 Å². The molecule has 0 amide bonds. The Morgan fingerprint density at radius 2 is 2.69 bits per heavy atom. The lowest BCUT2D eigenvalue weighted by Crippen LogP contribution is -2.22. The van der Waals surface area contributed by atoms with Gasteiger partial charge in [0.1, 0.15) is 0 Å². The monoisotopic (exact) mass is 199 g/mol. The van der Waals surface area contributed by atoms with Crippen molar-refractivity contribution in [3.8, 4) is 0 Å². The second kappa shape index (κ2) is 4.17. The van der Waals surface area contributed by atoms with Crippen LogP contribution in [-0.2, 0) is 11.2 Å². The Hall–Kier alpha value is -0.450. The lowest BCUT2D eigenvalue weighted by molar-refractivity contribution is 0.0924. The van der Waals surface area contributed by atoms with Gasteiger partial charge in [-0.2, -0.15) is 0 Å². The molecular formula is C9H13NO2S. The Bertz CT molecular complexity index is 244. The largest absolute Gasteiger partial charge is 0.392 e. The molecule has 0 aliphatic carbocycles. The molecule has 0 spiro atoms. The lowest BCUT2D eigenvalue weighted by atomic mass is 9.99. The van der Waals surface area contributed by atoms with Crippen molar-refractivity contribution in [1.29, 1.82) is 0 Å². The van der Waals surface area contributed by atoms with E-state index in [1.54, 1.807) is 16.8 Å². The van der Waals surface area contributed by atoms with Crippen molar-refractivity contribution in [2.75, 3.05) is 13.2 Å². The zero-order valence-electron chi connectivity index (χ0n) is 7.35. The molecule has 0 saturated carbocycles. The molecule has 4 heteroatoms. The van der Waals surface area contributed by atoms with E-state index >= 15 is 0 Å². The number of nitrogens with zero attached hydrogens (tertiary/aromatic N) is 1. The Balaban J connectivity index is 1.87. The number of hydrogen-bond donors (Lipinski definition) is 1. The Morgan fingerprint density at radius 3 is 3.31 bits per heavy atom. The summed E-state index contributed by atoms with van der Waals surface area (Å²) in [6.45, 7) is 1.50. The summed E-state index contributed by atoms with van der Waals surface area (Å²) in [5.41, 5.74) is 1.80. The molecule has 1 aromatic heterocycles. The van der Waals surface area contributed by atoms with Gasteiger partial charge in [0.25, 0.3) is 0 Å². The topological polar surface area (TPSA) is 42.4 Å². The maximum atomic E-state index is 9.82. The first-order chi connectivity index (χ1) is 6.36. The van der Waals surface area contributed by atoms with Gasteiger partial charge in [0, 0.05) is 30.0 Å². The first kappa shape index (κ1) is 9.12. The number of thiazole rings is 1. The molecule has 2 heterocycles. The quantitative estimate of drug-likeness (QED) is 0.792. The van der Waals surface area contributed by atoms with E-state index in [1.165, 1.54) is 0 Å². The first-order valence-corrected chi connectivity index (χ1v) is 5.37. The molecule has 72 valence electrons. The highest BCUT2D eigenvalue weighted by Crippen LogP contribution is 2.20. The van der Waals surface area contributed by atoms with E-state index in [-0.39, 0.29) is 6.10 Å². The van der Waals surface area contributed by atoms with Crippen LogP contribution in [0, 0.1) is 5.92 Å². The van der Waals surface area contributed by atoms with E-state index in [0.717, 1.165) is 24.3 Å². The van der Waals surface area contributed by atoms with Gasteiger partial charge in [-0.1, -0.05) is 0 Å². The molecule has 1 N–H and O–H groups in total. The standard InChI is InChI=1S/C9H13NO2S/c11-9(7-1-2-12-5-7)3-8-4-10-6-13-8/h4,6-7,9,11H,1-3,5H2. The SMILES string of the molecule is OC(Cc1cncs1)C1CCOC1. The van der Waals surface area contributed by atoms with Crippen molar-refractivity contribution in [3.05, 3.63) is 16.6 Å². The normalized spacial score (nSPS) is 24.8. The van der Waals surface area contributed by atoms with Gasteiger partial charge in [-0.15, -0.1) is 11.3 Å². The zero-order chi connectivity index (χ0) is 9.10. The van der Waals surface area contributed by atoms with Crippen molar-refractivity contribution >= 4 is 11.3 Å². The van der Waals surface area contributed by atoms with Crippen LogP contribution in [0.5, 0.6) is 0 Å². The van der Waals surface area contributed by atoms with E-state index in [0.29, 0.717) is 12.5 Å². The third-order valence-electron chi connectivity index (χ3n) is 2.40. The number of rotatable bonds is 3. The van der Waals surface area contributed by atoms with Crippen molar-refractivity contribution in [2.24, 2.45) is 5.92 Å². The summed E-state index contributed by atoms with van der Waals surface area (Å²) in [7, 11) is 0. The van der Waals surface area contributed by atoms with Crippen LogP contribution in [0.15, 0.2) is 11.7 Å². The smallest absolute Gasteiger partial charge is 0.0794 e. The first-order valence-electron chi connectivity index (χ1n) is 4.49. The number of aliphatic hydroxyl groups excluding tert-OH is 1. The fraction of sp³-hybridized carbons (Fsp3) is 0.667. The third-order valence-corrected chi connectivity index (χ3v) is 3.20. The van der Waals surface area contributed by atoms with Gasteiger partial charge in [0.2, 0.25) is 0 Å². The molecule has 13 heavy (non-hydrogen) atoms. The molecule has 0 aromatic carbocycles. The molecular weight excluding hydrogens is 186 g/mol. The van der Waals surface area contributed by atoms with E-state index in [4.69, 9.17) is 4.74 Å². The van der Waals surface area contributed by atoms with Gasteiger partial charge in [-0.25, -0.2) is 0 Å². The maximum Gasteiger partial charge on any atom is 0.0794 e. The lowest BCUT2D eigenvalue weighted by Gasteiger charge is -2.14. The molecule has 3 nitrogen and oxygen atoms in total. The predicted molar refractivity (Wildman–Crippen MR) is 50.8 cm³/mol. The van der Waals surface area contributed by atoms with Gasteiger partial charge in [0.05, 0.1) is 18.2 Å². The molecule has 1 aromatic rings. The Kier molecular flexibility index (Phi) is 2.93. The van der Waals surface area contributed by atoms with Gasteiger partial charge < -0.3 is 9.84 Å². The highest BCUT2D eigenvalue weighted by atomic mass is 32.1. The average Bonchev–Trinajstić information content (AvgIpc) is 2.74. The minimum absolute atomic E-state index is 0.261. The second-order valence-corrected chi connectivity index (χ2v) is 4.33. The van der Waals surface area contributed by atoms with Crippen molar-refractivity contribution in [3.63, 3.8) is 0 Å². The minimum Gasteiger partial charge on any atom is -0.392 e. The van der Waals surface area contributed by atoms with Crippen LogP contribution in [0.3, 0.4) is 0 Å². The zero-order valence-corrected chi connectivity index (χ0v) is 8.17. The summed E-state index contributed by atoms with van der Waals surface area (Å²) in [5, 5.41) is 9.82. The fourth-order valence-electron chi connectivity index (χ4n) is 1.57. The second-order valence-electron chi connectivity index (χ2n) is 3.36. The van der Waals surface area contributed by atoms with E-state index in [2.05, 4.69) is 4.98 Å². The van der Waals surface area contributed by atoms with Gasteiger partial charge in [-0.05, 0) is 6.42 Å². The minimum atomic E-state index is -0.261. The highest BCUT2D eigenvalue weighted by Gasteiger charge is 2.24. The summed E-state index contributed by atoms with van der Waals surface area (Å²) in [4.78, 5) is 5.13.